The molecule has 0 fully saturated rings. The molecule has 82 valence electrons. The van der Waals surface area contributed by atoms with Crippen molar-refractivity contribution >= 4 is 17.3 Å². The fourth-order valence-corrected chi connectivity index (χ4v) is 2.57. The molecule has 0 aromatic heterocycles. The van der Waals surface area contributed by atoms with Crippen molar-refractivity contribution in [1.82, 2.24) is 0 Å². The Hall–Kier alpha value is -0.690. The Morgan fingerprint density at radius 1 is 1.33 bits per heavy atom. The molecule has 2 rings (SSSR count). The van der Waals surface area contributed by atoms with E-state index < -0.39 is 0 Å². The Labute approximate surface area is 96.8 Å². The maximum Gasteiger partial charge on any atom is 0.0410 e. The van der Waals surface area contributed by atoms with Gasteiger partial charge < -0.3 is 5.32 Å². The van der Waals surface area contributed by atoms with Crippen LogP contribution in [0.25, 0.3) is 0 Å². The monoisotopic (exact) mass is 223 g/mol. The van der Waals surface area contributed by atoms with Crippen molar-refractivity contribution in [1.29, 1.82) is 0 Å². The Morgan fingerprint density at radius 2 is 2.07 bits per heavy atom. The molecule has 1 aliphatic heterocycles. The van der Waals surface area contributed by atoms with Gasteiger partial charge in [-0.15, -0.1) is 0 Å². The first-order chi connectivity index (χ1) is 6.98. The van der Waals surface area contributed by atoms with Crippen molar-refractivity contribution in [2.75, 3.05) is 11.9 Å². The third kappa shape index (κ3) is 2.12. The van der Waals surface area contributed by atoms with Crippen LogP contribution in [0.2, 0.25) is 5.02 Å². The van der Waals surface area contributed by atoms with E-state index in [4.69, 9.17) is 11.6 Å². The van der Waals surface area contributed by atoms with E-state index in [1.165, 1.54) is 17.7 Å². The smallest absolute Gasteiger partial charge is 0.0410 e. The fourth-order valence-electron chi connectivity index (χ4n) is 2.39. The summed E-state index contributed by atoms with van der Waals surface area (Å²) in [6, 6.07) is 6.16. The van der Waals surface area contributed by atoms with Crippen molar-refractivity contribution in [2.45, 2.75) is 33.1 Å². The first-order valence-corrected chi connectivity index (χ1v) is 5.89. The number of rotatable bonds is 0. The number of halogens is 1. The summed E-state index contributed by atoms with van der Waals surface area (Å²) >= 11 is 6.06. The fraction of sp³-hybridized carbons (Fsp3) is 0.538. The third-order valence-electron chi connectivity index (χ3n) is 3.18. The van der Waals surface area contributed by atoms with E-state index >= 15 is 0 Å². The zero-order valence-electron chi connectivity index (χ0n) is 9.60. The maximum absolute atomic E-state index is 6.06. The molecule has 1 heterocycles. The standard InChI is InChI=1S/C13H18ClN/c1-13(2,3)11-6-7-15-12-5-4-9(14)8-10(11)12/h4-5,8,11,15H,6-7H2,1-3H3. The van der Waals surface area contributed by atoms with E-state index in [2.05, 4.69) is 38.2 Å². The van der Waals surface area contributed by atoms with Gasteiger partial charge in [0.25, 0.3) is 0 Å². The molecule has 0 bridgehead atoms. The lowest BCUT2D eigenvalue weighted by Gasteiger charge is -2.36. The second-order valence-electron chi connectivity index (χ2n) is 5.37. The van der Waals surface area contributed by atoms with Crippen molar-refractivity contribution in [3.8, 4) is 0 Å². The summed E-state index contributed by atoms with van der Waals surface area (Å²) in [6.45, 7) is 7.96. The summed E-state index contributed by atoms with van der Waals surface area (Å²) in [5.41, 5.74) is 2.94. The van der Waals surface area contributed by atoms with Gasteiger partial charge in [-0.25, -0.2) is 0 Å². The van der Waals surface area contributed by atoms with Gasteiger partial charge in [-0.3, -0.25) is 0 Å². The molecule has 2 heteroatoms. The van der Waals surface area contributed by atoms with Crippen LogP contribution >= 0.6 is 11.6 Å². The quantitative estimate of drug-likeness (QED) is 0.692. The number of hydrogen-bond acceptors (Lipinski definition) is 1. The summed E-state index contributed by atoms with van der Waals surface area (Å²) < 4.78 is 0. The van der Waals surface area contributed by atoms with Crippen LogP contribution in [0.5, 0.6) is 0 Å². The molecule has 0 amide bonds. The van der Waals surface area contributed by atoms with Gasteiger partial charge in [0.1, 0.15) is 0 Å². The summed E-state index contributed by atoms with van der Waals surface area (Å²) in [6.07, 6.45) is 1.19. The zero-order valence-corrected chi connectivity index (χ0v) is 10.4. The highest BCUT2D eigenvalue weighted by molar-refractivity contribution is 6.30. The molecule has 1 aromatic rings. The van der Waals surface area contributed by atoms with Gasteiger partial charge in [0.05, 0.1) is 0 Å². The molecule has 1 N–H and O–H groups in total. The van der Waals surface area contributed by atoms with E-state index in [0.29, 0.717) is 11.3 Å². The Balaban J connectivity index is 2.45. The molecule has 1 unspecified atom stereocenters. The lowest BCUT2D eigenvalue weighted by molar-refractivity contribution is 0.305. The SMILES string of the molecule is CC(C)(C)C1CCNc2ccc(Cl)cc21. The lowest BCUT2D eigenvalue weighted by atomic mass is 9.73. The predicted octanol–water partition coefficient (Wildman–Crippen LogP) is 4.29. The van der Waals surface area contributed by atoms with E-state index in [1.54, 1.807) is 0 Å². The number of anilines is 1. The Kier molecular flexibility index (Phi) is 2.68. The van der Waals surface area contributed by atoms with Gasteiger partial charge in [0.15, 0.2) is 0 Å². The first kappa shape index (κ1) is 10.8. The van der Waals surface area contributed by atoms with Crippen molar-refractivity contribution < 1.29 is 0 Å². The minimum absolute atomic E-state index is 0.307. The van der Waals surface area contributed by atoms with Gasteiger partial charge in [-0.2, -0.15) is 0 Å². The van der Waals surface area contributed by atoms with Gasteiger partial charge in [-0.1, -0.05) is 32.4 Å². The highest BCUT2D eigenvalue weighted by Crippen LogP contribution is 2.43. The van der Waals surface area contributed by atoms with Gasteiger partial charge in [-0.05, 0) is 41.5 Å². The van der Waals surface area contributed by atoms with E-state index in [9.17, 15) is 0 Å². The summed E-state index contributed by atoms with van der Waals surface area (Å²) in [7, 11) is 0. The van der Waals surface area contributed by atoms with E-state index in [1.807, 2.05) is 6.07 Å². The van der Waals surface area contributed by atoms with Crippen LogP contribution in [0, 0.1) is 5.41 Å². The van der Waals surface area contributed by atoms with Gasteiger partial charge in [0, 0.05) is 17.3 Å². The molecule has 1 aliphatic rings. The molecular weight excluding hydrogens is 206 g/mol. The summed E-state index contributed by atoms with van der Waals surface area (Å²) in [5, 5.41) is 4.27. The topological polar surface area (TPSA) is 12.0 Å². The summed E-state index contributed by atoms with van der Waals surface area (Å²) in [4.78, 5) is 0. The third-order valence-corrected chi connectivity index (χ3v) is 3.42. The van der Waals surface area contributed by atoms with Crippen LogP contribution in [0.4, 0.5) is 5.69 Å². The number of fused-ring (bicyclic) bond motifs is 1. The van der Waals surface area contributed by atoms with Crippen LogP contribution in [0.1, 0.15) is 38.7 Å². The second-order valence-corrected chi connectivity index (χ2v) is 5.80. The van der Waals surface area contributed by atoms with Crippen molar-refractivity contribution in [3.63, 3.8) is 0 Å². The van der Waals surface area contributed by atoms with Crippen LogP contribution < -0.4 is 5.32 Å². The van der Waals surface area contributed by atoms with Crippen LogP contribution in [-0.2, 0) is 0 Å². The average molecular weight is 224 g/mol. The molecule has 0 saturated heterocycles. The lowest BCUT2D eigenvalue weighted by Crippen LogP contribution is -2.26. The average Bonchev–Trinajstić information content (AvgIpc) is 2.15. The number of benzene rings is 1. The predicted molar refractivity (Wildman–Crippen MR) is 66.8 cm³/mol. The molecule has 1 atom stereocenters. The largest absolute Gasteiger partial charge is 0.385 e. The Morgan fingerprint density at radius 3 is 2.73 bits per heavy atom. The number of nitrogens with one attached hydrogen (secondary N) is 1. The number of hydrogen-bond donors (Lipinski definition) is 1. The maximum atomic E-state index is 6.06. The molecule has 1 aromatic carbocycles. The van der Waals surface area contributed by atoms with Crippen LogP contribution in [0.3, 0.4) is 0 Å². The zero-order chi connectivity index (χ0) is 11.1. The van der Waals surface area contributed by atoms with E-state index in [0.717, 1.165) is 11.6 Å². The highest BCUT2D eigenvalue weighted by atomic mass is 35.5. The van der Waals surface area contributed by atoms with Crippen LogP contribution in [-0.4, -0.2) is 6.54 Å². The Bertz CT molecular complexity index is 365. The molecular formula is C13H18ClN. The van der Waals surface area contributed by atoms with Gasteiger partial charge >= 0.3 is 0 Å². The molecule has 0 aliphatic carbocycles. The second kappa shape index (κ2) is 3.71. The minimum Gasteiger partial charge on any atom is -0.385 e. The normalized spacial score (nSPS) is 20.7. The minimum atomic E-state index is 0.307. The van der Waals surface area contributed by atoms with Crippen LogP contribution in [0.15, 0.2) is 18.2 Å². The van der Waals surface area contributed by atoms with Crippen molar-refractivity contribution in [3.05, 3.63) is 28.8 Å². The highest BCUT2D eigenvalue weighted by Gasteiger charge is 2.30. The molecule has 0 radical (unpaired) electrons. The molecule has 1 nitrogen and oxygen atoms in total. The van der Waals surface area contributed by atoms with Gasteiger partial charge in [0.2, 0.25) is 0 Å². The van der Waals surface area contributed by atoms with E-state index in [-0.39, 0.29) is 0 Å². The molecule has 0 saturated carbocycles. The summed E-state index contributed by atoms with van der Waals surface area (Å²) in [5.74, 6) is 0.604. The van der Waals surface area contributed by atoms with Crippen molar-refractivity contribution in [2.24, 2.45) is 5.41 Å². The molecule has 0 spiro atoms. The first-order valence-electron chi connectivity index (χ1n) is 5.52. The molecule has 15 heavy (non-hydrogen) atoms.